The number of rotatable bonds is 8. The second kappa shape index (κ2) is 8.32. The molecule has 0 aliphatic rings. The molecule has 130 valence electrons. The molecule has 2 aromatic carbocycles. The van der Waals surface area contributed by atoms with E-state index in [0.717, 1.165) is 17.7 Å². The number of hydrogen-bond donors (Lipinski definition) is 2. The maximum absolute atomic E-state index is 13.2. The third-order valence-electron chi connectivity index (χ3n) is 3.68. The minimum absolute atomic E-state index is 0.0110. The predicted molar refractivity (Wildman–Crippen MR) is 87.0 cm³/mol. The van der Waals surface area contributed by atoms with Crippen LogP contribution in [0, 0.1) is 11.6 Å². The maximum Gasteiger partial charge on any atom is 0.240 e. The molecule has 2 rings (SSSR count). The smallest absolute Gasteiger partial charge is 0.240 e. The summed E-state index contributed by atoms with van der Waals surface area (Å²) in [6, 6.07) is 11.6. The van der Waals surface area contributed by atoms with Crippen LogP contribution in [-0.2, 0) is 10.0 Å². The molecular formula is C17H19F2NO3S. The van der Waals surface area contributed by atoms with Gasteiger partial charge < -0.3 is 5.11 Å². The zero-order chi connectivity index (χ0) is 17.6. The molecule has 0 saturated carbocycles. The van der Waals surface area contributed by atoms with Gasteiger partial charge in [-0.15, -0.1) is 0 Å². The SMILES string of the molecule is O=S(=O)(NCCC(CCO)c1ccccc1)c1cc(F)cc(F)c1. The largest absolute Gasteiger partial charge is 0.396 e. The van der Waals surface area contributed by atoms with Crippen molar-refractivity contribution in [1.82, 2.24) is 4.72 Å². The van der Waals surface area contributed by atoms with E-state index in [1.165, 1.54) is 0 Å². The molecule has 24 heavy (non-hydrogen) atoms. The Morgan fingerprint density at radius 1 is 1.00 bits per heavy atom. The van der Waals surface area contributed by atoms with Gasteiger partial charge in [0, 0.05) is 19.2 Å². The molecule has 0 aliphatic carbocycles. The van der Waals surface area contributed by atoms with Crippen LogP contribution in [0.3, 0.4) is 0 Å². The van der Waals surface area contributed by atoms with Crippen molar-refractivity contribution in [3.63, 3.8) is 0 Å². The molecule has 0 fully saturated rings. The lowest BCUT2D eigenvalue weighted by molar-refractivity contribution is 0.273. The molecule has 7 heteroatoms. The Morgan fingerprint density at radius 3 is 2.21 bits per heavy atom. The molecule has 0 spiro atoms. The fourth-order valence-corrected chi connectivity index (χ4v) is 3.58. The summed E-state index contributed by atoms with van der Waals surface area (Å²) in [6.45, 7) is 0.0848. The molecular weight excluding hydrogens is 336 g/mol. The van der Waals surface area contributed by atoms with Crippen LogP contribution in [0.25, 0.3) is 0 Å². The second-order valence-corrected chi connectivity index (χ2v) is 7.18. The molecule has 0 aromatic heterocycles. The van der Waals surface area contributed by atoms with E-state index < -0.39 is 26.6 Å². The summed E-state index contributed by atoms with van der Waals surface area (Å²) < 4.78 is 52.9. The highest BCUT2D eigenvalue weighted by atomic mass is 32.2. The number of benzene rings is 2. The van der Waals surface area contributed by atoms with Crippen LogP contribution >= 0.6 is 0 Å². The molecule has 0 bridgehead atoms. The van der Waals surface area contributed by atoms with E-state index in [4.69, 9.17) is 0 Å². The van der Waals surface area contributed by atoms with Crippen molar-refractivity contribution in [1.29, 1.82) is 0 Å². The molecule has 2 N–H and O–H groups in total. The number of nitrogens with one attached hydrogen (secondary N) is 1. The molecule has 0 aliphatic heterocycles. The molecule has 0 radical (unpaired) electrons. The summed E-state index contributed by atoms with van der Waals surface area (Å²) in [5.41, 5.74) is 1.00. The molecule has 1 atom stereocenters. The number of aliphatic hydroxyl groups excluding tert-OH is 1. The topological polar surface area (TPSA) is 66.4 Å². The number of aliphatic hydroxyl groups is 1. The van der Waals surface area contributed by atoms with Gasteiger partial charge in [0.05, 0.1) is 4.90 Å². The van der Waals surface area contributed by atoms with E-state index >= 15 is 0 Å². The first kappa shape index (κ1) is 18.5. The zero-order valence-corrected chi connectivity index (χ0v) is 13.8. The van der Waals surface area contributed by atoms with Crippen molar-refractivity contribution in [3.8, 4) is 0 Å². The van der Waals surface area contributed by atoms with Gasteiger partial charge in [0.15, 0.2) is 0 Å². The average Bonchev–Trinajstić information content (AvgIpc) is 2.54. The van der Waals surface area contributed by atoms with Crippen molar-refractivity contribution in [2.75, 3.05) is 13.2 Å². The third kappa shape index (κ3) is 5.09. The van der Waals surface area contributed by atoms with Gasteiger partial charge in [0.2, 0.25) is 10.0 Å². The van der Waals surface area contributed by atoms with Gasteiger partial charge in [0.1, 0.15) is 11.6 Å². The van der Waals surface area contributed by atoms with Crippen LogP contribution in [0.5, 0.6) is 0 Å². The first-order valence-corrected chi connectivity index (χ1v) is 9.02. The van der Waals surface area contributed by atoms with Crippen molar-refractivity contribution in [3.05, 3.63) is 65.7 Å². The van der Waals surface area contributed by atoms with Gasteiger partial charge in [-0.25, -0.2) is 21.9 Å². The average molecular weight is 355 g/mol. The van der Waals surface area contributed by atoms with Crippen molar-refractivity contribution in [2.45, 2.75) is 23.7 Å². The van der Waals surface area contributed by atoms with Gasteiger partial charge >= 0.3 is 0 Å². The van der Waals surface area contributed by atoms with Crippen LogP contribution in [0.2, 0.25) is 0 Å². The van der Waals surface area contributed by atoms with E-state index in [2.05, 4.69) is 4.72 Å². The van der Waals surface area contributed by atoms with Crippen LogP contribution in [0.1, 0.15) is 24.3 Å². The van der Waals surface area contributed by atoms with E-state index in [0.29, 0.717) is 18.9 Å². The number of halogens is 2. The zero-order valence-electron chi connectivity index (χ0n) is 13.0. The first-order valence-electron chi connectivity index (χ1n) is 7.54. The van der Waals surface area contributed by atoms with E-state index in [9.17, 15) is 22.3 Å². The fourth-order valence-electron chi connectivity index (χ4n) is 2.49. The molecule has 0 heterocycles. The molecule has 0 amide bonds. The summed E-state index contributed by atoms with van der Waals surface area (Å²) in [5, 5.41) is 9.17. The van der Waals surface area contributed by atoms with Gasteiger partial charge in [-0.05, 0) is 36.5 Å². The third-order valence-corrected chi connectivity index (χ3v) is 5.12. The highest BCUT2D eigenvalue weighted by Crippen LogP contribution is 2.23. The summed E-state index contributed by atoms with van der Waals surface area (Å²) in [6.07, 6.45) is 0.960. The van der Waals surface area contributed by atoms with Crippen LogP contribution in [-0.4, -0.2) is 26.7 Å². The Balaban J connectivity index is 2.03. The number of sulfonamides is 1. The lowest BCUT2D eigenvalue weighted by Gasteiger charge is -2.16. The molecule has 2 aromatic rings. The Bertz CT molecular complexity index is 746. The van der Waals surface area contributed by atoms with Gasteiger partial charge in [-0.2, -0.15) is 0 Å². The standard InChI is InChI=1S/C17H19F2NO3S/c18-15-10-16(19)12-17(11-15)24(22,23)20-8-6-14(7-9-21)13-4-2-1-3-5-13/h1-5,10-12,14,20-21H,6-9H2. The monoisotopic (exact) mass is 355 g/mol. The summed E-state index contributed by atoms with van der Waals surface area (Å²) in [5.74, 6) is -1.90. The molecule has 1 unspecified atom stereocenters. The van der Waals surface area contributed by atoms with E-state index in [1.807, 2.05) is 30.3 Å². The Kier molecular flexibility index (Phi) is 6.42. The van der Waals surface area contributed by atoms with Gasteiger partial charge in [-0.1, -0.05) is 30.3 Å². The van der Waals surface area contributed by atoms with Crippen LogP contribution in [0.4, 0.5) is 8.78 Å². The second-order valence-electron chi connectivity index (χ2n) is 5.41. The van der Waals surface area contributed by atoms with Crippen molar-refractivity contribution >= 4 is 10.0 Å². The summed E-state index contributed by atoms with van der Waals surface area (Å²) in [7, 11) is -3.99. The molecule has 0 saturated heterocycles. The highest BCUT2D eigenvalue weighted by Gasteiger charge is 2.17. The lowest BCUT2D eigenvalue weighted by atomic mass is 9.93. The van der Waals surface area contributed by atoms with Gasteiger partial charge in [-0.3, -0.25) is 0 Å². The van der Waals surface area contributed by atoms with E-state index in [-0.39, 0.29) is 19.1 Å². The van der Waals surface area contributed by atoms with Gasteiger partial charge in [0.25, 0.3) is 0 Å². The first-order chi connectivity index (χ1) is 11.4. The summed E-state index contributed by atoms with van der Waals surface area (Å²) in [4.78, 5) is -0.446. The Hall–Kier alpha value is -1.83. The normalized spacial score (nSPS) is 13.0. The van der Waals surface area contributed by atoms with Crippen molar-refractivity contribution < 1.29 is 22.3 Å². The Labute approximate surface area is 140 Å². The maximum atomic E-state index is 13.2. The highest BCUT2D eigenvalue weighted by molar-refractivity contribution is 7.89. The predicted octanol–water partition coefficient (Wildman–Crippen LogP) is 2.80. The van der Waals surface area contributed by atoms with Crippen molar-refractivity contribution in [2.24, 2.45) is 0 Å². The summed E-state index contributed by atoms with van der Waals surface area (Å²) >= 11 is 0. The number of hydrogen-bond acceptors (Lipinski definition) is 3. The minimum Gasteiger partial charge on any atom is -0.396 e. The van der Waals surface area contributed by atoms with E-state index in [1.54, 1.807) is 0 Å². The van der Waals surface area contributed by atoms with Crippen LogP contribution in [0.15, 0.2) is 53.4 Å². The quantitative estimate of drug-likeness (QED) is 0.765. The fraction of sp³-hybridized carbons (Fsp3) is 0.294. The Morgan fingerprint density at radius 2 is 1.62 bits per heavy atom. The van der Waals surface area contributed by atoms with Crippen LogP contribution < -0.4 is 4.72 Å². The minimum atomic E-state index is -3.99. The lowest BCUT2D eigenvalue weighted by Crippen LogP contribution is -2.26. The molecule has 4 nitrogen and oxygen atoms in total.